The van der Waals surface area contributed by atoms with Crippen LogP contribution in [0.2, 0.25) is 0 Å². The first kappa shape index (κ1) is 18.7. The third-order valence-corrected chi connectivity index (χ3v) is 5.84. The van der Waals surface area contributed by atoms with Crippen molar-refractivity contribution in [3.05, 3.63) is 53.8 Å². The fourth-order valence-electron chi connectivity index (χ4n) is 2.59. The van der Waals surface area contributed by atoms with Gasteiger partial charge in [-0.1, -0.05) is 18.2 Å². The van der Waals surface area contributed by atoms with E-state index in [-0.39, 0.29) is 25.4 Å². The predicted octanol–water partition coefficient (Wildman–Crippen LogP) is 1.79. The van der Waals surface area contributed by atoms with Gasteiger partial charge in [0.05, 0.1) is 6.61 Å². The van der Waals surface area contributed by atoms with Gasteiger partial charge < -0.3 is 10.8 Å². The number of benzene rings is 1. The highest BCUT2D eigenvalue weighted by atomic mass is 32.2. The fourth-order valence-corrected chi connectivity index (χ4v) is 4.28. The Labute approximate surface area is 138 Å². The summed E-state index contributed by atoms with van der Waals surface area (Å²) in [5, 5.41) is 9.25. The van der Waals surface area contributed by atoms with Crippen LogP contribution in [0.25, 0.3) is 0 Å². The van der Waals surface area contributed by atoms with Crippen LogP contribution in [0.15, 0.2) is 48.2 Å². The maximum Gasteiger partial charge on any atom is 0.408 e. The number of aliphatic hydroxyl groups excluding tert-OH is 1. The van der Waals surface area contributed by atoms with Crippen molar-refractivity contribution in [2.24, 2.45) is 5.73 Å². The number of halogens is 3. The van der Waals surface area contributed by atoms with E-state index >= 15 is 0 Å². The zero-order valence-electron chi connectivity index (χ0n) is 12.7. The minimum absolute atomic E-state index is 0.00225. The standard InChI is InChI=1S/C15H18F3N2O3S/c16-15(17,18)11-24(22,23)20(6-2-4-13(8-19)9-20)14-5-1-3-12(7-14)10-21/h1-5,7,9,21H,6,8,10-11,19H2/q+1. The minimum atomic E-state index is -4.86. The normalized spacial score (nSPS) is 21.6. The average Bonchev–Trinajstić information content (AvgIpc) is 2.52. The third-order valence-electron chi connectivity index (χ3n) is 3.69. The van der Waals surface area contributed by atoms with Gasteiger partial charge in [0.1, 0.15) is 12.7 Å². The van der Waals surface area contributed by atoms with Gasteiger partial charge in [-0.25, -0.2) is 0 Å². The highest BCUT2D eigenvalue weighted by Gasteiger charge is 2.50. The Morgan fingerprint density at radius 1 is 1.29 bits per heavy atom. The molecule has 0 aromatic heterocycles. The Hall–Kier alpha value is -1.68. The van der Waals surface area contributed by atoms with E-state index in [0.29, 0.717) is 11.1 Å². The second kappa shape index (κ2) is 6.67. The van der Waals surface area contributed by atoms with E-state index in [9.17, 15) is 26.7 Å². The van der Waals surface area contributed by atoms with E-state index in [0.717, 1.165) is 0 Å². The summed E-state index contributed by atoms with van der Waals surface area (Å²) in [6.07, 6.45) is -0.550. The number of sulfonamides is 1. The Bertz CT molecular complexity index is 772. The molecule has 0 saturated carbocycles. The summed E-state index contributed by atoms with van der Waals surface area (Å²) in [4.78, 5) is 0. The number of hydrogen-bond donors (Lipinski definition) is 2. The van der Waals surface area contributed by atoms with Gasteiger partial charge in [0.25, 0.3) is 0 Å². The maximum absolute atomic E-state index is 12.8. The van der Waals surface area contributed by atoms with Gasteiger partial charge in [-0.05, 0) is 11.6 Å². The molecule has 9 heteroatoms. The molecule has 0 saturated heterocycles. The van der Waals surface area contributed by atoms with Crippen molar-refractivity contribution in [3.63, 3.8) is 0 Å². The molecule has 0 spiro atoms. The quantitative estimate of drug-likeness (QED) is 0.782. The lowest BCUT2D eigenvalue weighted by Gasteiger charge is -2.34. The molecule has 1 aliphatic rings. The summed E-state index contributed by atoms with van der Waals surface area (Å²) in [6, 6.07) is 5.87. The monoisotopic (exact) mass is 363 g/mol. The lowest BCUT2D eigenvalue weighted by molar-refractivity contribution is -0.106. The summed E-state index contributed by atoms with van der Waals surface area (Å²) in [5.74, 6) is -1.95. The molecule has 0 aliphatic carbocycles. The van der Waals surface area contributed by atoms with Crippen LogP contribution in [0.5, 0.6) is 0 Å². The number of aliphatic hydroxyl groups is 1. The van der Waals surface area contributed by atoms with E-state index in [2.05, 4.69) is 0 Å². The van der Waals surface area contributed by atoms with Crippen LogP contribution in [0, 0.1) is 0 Å². The third kappa shape index (κ3) is 3.69. The van der Waals surface area contributed by atoms with Crippen LogP contribution < -0.4 is 9.62 Å². The number of hydrogen-bond acceptors (Lipinski definition) is 4. The SMILES string of the molecule is NCC1=C[N+](c2cccc(CO)c2)(S(=O)(=O)CC(F)(F)F)CC=C1. The molecule has 24 heavy (non-hydrogen) atoms. The molecule has 5 nitrogen and oxygen atoms in total. The molecule has 2 rings (SSSR count). The van der Waals surface area contributed by atoms with Crippen LogP contribution in [-0.2, 0) is 16.6 Å². The van der Waals surface area contributed by atoms with Gasteiger partial charge in [-0.15, -0.1) is 0 Å². The minimum Gasteiger partial charge on any atom is -0.392 e. The first-order valence-electron chi connectivity index (χ1n) is 7.09. The van der Waals surface area contributed by atoms with E-state index < -0.39 is 25.8 Å². The molecule has 0 fully saturated rings. The van der Waals surface area contributed by atoms with Gasteiger partial charge in [0, 0.05) is 24.3 Å². The Kier molecular flexibility index (Phi) is 5.19. The summed E-state index contributed by atoms with van der Waals surface area (Å²) >= 11 is 0. The molecule has 1 aromatic carbocycles. The maximum atomic E-state index is 12.8. The van der Waals surface area contributed by atoms with Crippen molar-refractivity contribution < 1.29 is 26.7 Å². The summed E-state index contributed by atoms with van der Waals surface area (Å²) in [5.41, 5.74) is 6.49. The molecular formula is C15H18F3N2O3S+. The molecule has 1 aromatic rings. The smallest absolute Gasteiger partial charge is 0.392 e. The topological polar surface area (TPSA) is 80.4 Å². The second-order valence-electron chi connectivity index (χ2n) is 5.46. The van der Waals surface area contributed by atoms with E-state index in [1.807, 2.05) is 0 Å². The van der Waals surface area contributed by atoms with Gasteiger partial charge in [0.15, 0.2) is 11.4 Å². The van der Waals surface area contributed by atoms with Crippen molar-refractivity contribution in [1.82, 2.24) is 3.89 Å². The Balaban J connectivity index is 2.67. The average molecular weight is 363 g/mol. The van der Waals surface area contributed by atoms with Crippen molar-refractivity contribution in [2.45, 2.75) is 12.8 Å². The highest BCUT2D eigenvalue weighted by Crippen LogP contribution is 2.35. The number of quaternary nitrogens is 1. The van der Waals surface area contributed by atoms with E-state index in [1.54, 1.807) is 12.1 Å². The highest BCUT2D eigenvalue weighted by molar-refractivity contribution is 7.91. The van der Waals surface area contributed by atoms with Gasteiger partial charge >= 0.3 is 16.2 Å². The first-order chi connectivity index (χ1) is 11.1. The molecule has 0 radical (unpaired) electrons. The van der Waals surface area contributed by atoms with Crippen LogP contribution in [0.1, 0.15) is 5.56 Å². The van der Waals surface area contributed by atoms with Crippen LogP contribution in [-0.4, -0.2) is 38.5 Å². The van der Waals surface area contributed by atoms with Crippen molar-refractivity contribution >= 4 is 15.7 Å². The van der Waals surface area contributed by atoms with Gasteiger partial charge in [0.2, 0.25) is 0 Å². The predicted molar refractivity (Wildman–Crippen MR) is 85.1 cm³/mol. The summed E-state index contributed by atoms with van der Waals surface area (Å²) < 4.78 is 62.8. The number of alkyl halides is 3. The Morgan fingerprint density at radius 3 is 2.58 bits per heavy atom. The van der Waals surface area contributed by atoms with Gasteiger partial charge in [-0.3, -0.25) is 0 Å². The largest absolute Gasteiger partial charge is 0.408 e. The summed E-state index contributed by atoms with van der Waals surface area (Å²) in [7, 11) is -4.68. The van der Waals surface area contributed by atoms with Crippen molar-refractivity contribution in [2.75, 3.05) is 18.8 Å². The Morgan fingerprint density at radius 2 is 2.00 bits per heavy atom. The molecular weight excluding hydrogens is 345 g/mol. The number of nitrogens with zero attached hydrogens (tertiary/aromatic N) is 1. The summed E-state index contributed by atoms with van der Waals surface area (Å²) in [6.45, 7) is -0.537. The number of nitrogens with two attached hydrogens (primary N) is 1. The van der Waals surface area contributed by atoms with E-state index in [4.69, 9.17) is 5.73 Å². The lowest BCUT2D eigenvalue weighted by atomic mass is 10.1. The lowest BCUT2D eigenvalue weighted by Crippen LogP contribution is -2.54. The first-order valence-corrected chi connectivity index (χ1v) is 8.70. The molecule has 1 unspecified atom stereocenters. The molecule has 0 amide bonds. The van der Waals surface area contributed by atoms with Crippen molar-refractivity contribution in [3.8, 4) is 0 Å². The van der Waals surface area contributed by atoms with Crippen LogP contribution >= 0.6 is 0 Å². The fraction of sp³-hybridized carbons (Fsp3) is 0.333. The molecule has 132 valence electrons. The second-order valence-corrected chi connectivity index (χ2v) is 7.56. The van der Waals surface area contributed by atoms with E-state index in [1.165, 1.54) is 30.5 Å². The van der Waals surface area contributed by atoms with Gasteiger partial charge in [-0.2, -0.15) is 25.5 Å². The zero-order chi connectivity index (χ0) is 18.0. The zero-order valence-corrected chi connectivity index (χ0v) is 13.5. The van der Waals surface area contributed by atoms with Crippen molar-refractivity contribution in [1.29, 1.82) is 0 Å². The molecule has 1 atom stereocenters. The molecule has 1 aliphatic heterocycles. The molecule has 3 N–H and O–H groups in total. The molecule has 0 bridgehead atoms. The number of rotatable bonds is 5. The molecule has 1 heterocycles. The van der Waals surface area contributed by atoms with Crippen LogP contribution in [0.3, 0.4) is 0 Å². The van der Waals surface area contributed by atoms with Crippen LogP contribution in [0.4, 0.5) is 18.9 Å².